The van der Waals surface area contributed by atoms with Crippen LogP contribution in [0.15, 0.2) is 30.3 Å². The van der Waals surface area contributed by atoms with Crippen molar-refractivity contribution in [1.82, 2.24) is 15.5 Å². The number of carboxylic acid groups (broad SMARTS) is 1. The van der Waals surface area contributed by atoms with E-state index in [0.717, 1.165) is 5.56 Å². The summed E-state index contributed by atoms with van der Waals surface area (Å²) in [6.07, 6.45) is 0.674. The Morgan fingerprint density at radius 1 is 1.12 bits per heavy atom. The predicted octanol–water partition coefficient (Wildman–Crippen LogP) is -1.50. The number of nitrogens with zero attached hydrogens (tertiary/aromatic N) is 1. The number of likely N-dealkylation sites (tertiary alicyclic amines) is 1. The van der Waals surface area contributed by atoms with E-state index in [9.17, 15) is 29.1 Å². The maximum Gasteiger partial charge on any atom is 0.326 e. The molecular formula is C21H29N5O6. The molecule has 0 radical (unpaired) electrons. The van der Waals surface area contributed by atoms with E-state index in [0.29, 0.717) is 12.8 Å². The van der Waals surface area contributed by atoms with Crippen LogP contribution in [0.2, 0.25) is 0 Å². The quantitative estimate of drug-likeness (QED) is 0.289. The Bertz CT molecular complexity index is 861. The first-order chi connectivity index (χ1) is 15.1. The Balaban J connectivity index is 2.12. The summed E-state index contributed by atoms with van der Waals surface area (Å²) in [7, 11) is 0. The summed E-state index contributed by atoms with van der Waals surface area (Å²) in [5.74, 6) is -3.73. The normalized spacial score (nSPS) is 18.3. The lowest BCUT2D eigenvalue weighted by Crippen LogP contribution is -2.57. The Hall–Kier alpha value is -3.47. The van der Waals surface area contributed by atoms with Crippen LogP contribution in [-0.2, 0) is 30.4 Å². The van der Waals surface area contributed by atoms with Crippen LogP contribution in [0, 0.1) is 0 Å². The maximum absolute atomic E-state index is 13.2. The van der Waals surface area contributed by atoms with Crippen LogP contribution in [-0.4, -0.2) is 70.3 Å². The van der Waals surface area contributed by atoms with Crippen molar-refractivity contribution < 1.29 is 29.1 Å². The first kappa shape index (κ1) is 24.8. The third-order valence-corrected chi connectivity index (χ3v) is 5.23. The minimum atomic E-state index is -1.20. The number of benzene rings is 1. The van der Waals surface area contributed by atoms with E-state index in [2.05, 4.69) is 10.6 Å². The number of aliphatic carboxylic acids is 1. The molecular weight excluding hydrogens is 418 g/mol. The second-order valence-corrected chi connectivity index (χ2v) is 7.79. The van der Waals surface area contributed by atoms with Gasteiger partial charge >= 0.3 is 5.97 Å². The lowest BCUT2D eigenvalue weighted by atomic mass is 10.0. The average Bonchev–Trinajstić information content (AvgIpc) is 3.23. The van der Waals surface area contributed by atoms with Crippen molar-refractivity contribution in [2.24, 2.45) is 11.5 Å². The highest BCUT2D eigenvalue weighted by molar-refractivity contribution is 5.95. The van der Waals surface area contributed by atoms with E-state index >= 15 is 0 Å². The van der Waals surface area contributed by atoms with Gasteiger partial charge in [0.15, 0.2) is 0 Å². The third-order valence-electron chi connectivity index (χ3n) is 5.23. The monoisotopic (exact) mass is 447 g/mol. The van der Waals surface area contributed by atoms with Crippen LogP contribution in [0.4, 0.5) is 0 Å². The summed E-state index contributed by atoms with van der Waals surface area (Å²) in [6.45, 7) is 1.69. The fourth-order valence-corrected chi connectivity index (χ4v) is 3.53. The van der Waals surface area contributed by atoms with Gasteiger partial charge in [0, 0.05) is 13.0 Å². The number of carboxylic acids is 1. The minimum absolute atomic E-state index is 0.149. The summed E-state index contributed by atoms with van der Waals surface area (Å²) >= 11 is 0. The van der Waals surface area contributed by atoms with Gasteiger partial charge in [-0.3, -0.25) is 19.2 Å². The maximum atomic E-state index is 13.2. The van der Waals surface area contributed by atoms with Gasteiger partial charge in [0.1, 0.15) is 18.1 Å². The van der Waals surface area contributed by atoms with Crippen molar-refractivity contribution in [2.45, 2.75) is 56.8 Å². The standard InChI is InChI=1S/C21H29N5O6/c1-12(24-19(29)14(22)11-17(23)27)18(28)25-15(10-13-6-3-2-4-7-13)20(30)26-9-5-8-16(26)21(31)32/h2-4,6-7,12,14-16H,5,8-11,22H2,1H3,(H2,23,27)(H,24,29)(H,25,28)(H,31,32)/t12-,14-,15-,16+/m0/s1. The molecule has 4 atom stereocenters. The largest absolute Gasteiger partial charge is 0.480 e. The molecule has 0 aromatic heterocycles. The van der Waals surface area contributed by atoms with E-state index in [1.54, 1.807) is 24.3 Å². The van der Waals surface area contributed by atoms with E-state index in [1.165, 1.54) is 11.8 Å². The molecule has 1 aliphatic heterocycles. The Kier molecular flexibility index (Phi) is 8.71. The van der Waals surface area contributed by atoms with E-state index in [1.807, 2.05) is 6.07 Å². The number of rotatable bonds is 10. The van der Waals surface area contributed by atoms with Gasteiger partial charge in [0.25, 0.3) is 0 Å². The topological polar surface area (TPSA) is 185 Å². The summed E-state index contributed by atoms with van der Waals surface area (Å²) in [4.78, 5) is 61.7. The van der Waals surface area contributed by atoms with E-state index in [-0.39, 0.29) is 19.4 Å². The molecule has 0 unspecified atom stereocenters. The number of nitrogens with two attached hydrogens (primary N) is 2. The number of carbonyl (C=O) groups is 5. The number of nitrogens with one attached hydrogen (secondary N) is 2. The molecule has 11 heteroatoms. The number of hydrogen-bond acceptors (Lipinski definition) is 6. The van der Waals surface area contributed by atoms with Gasteiger partial charge in [0.05, 0.1) is 12.5 Å². The molecule has 1 saturated heterocycles. The molecule has 32 heavy (non-hydrogen) atoms. The summed E-state index contributed by atoms with van der Waals surface area (Å²) in [5.41, 5.74) is 11.4. The molecule has 0 aliphatic carbocycles. The van der Waals surface area contributed by atoms with Crippen molar-refractivity contribution in [1.29, 1.82) is 0 Å². The molecule has 7 N–H and O–H groups in total. The third kappa shape index (κ3) is 6.77. The zero-order chi connectivity index (χ0) is 23.8. The Morgan fingerprint density at radius 2 is 1.78 bits per heavy atom. The molecule has 1 fully saturated rings. The van der Waals surface area contributed by atoms with Crippen molar-refractivity contribution in [2.75, 3.05) is 6.54 Å². The number of amides is 4. The molecule has 1 aromatic carbocycles. The van der Waals surface area contributed by atoms with Gasteiger partial charge in [-0.05, 0) is 25.3 Å². The summed E-state index contributed by atoms with van der Waals surface area (Å²) < 4.78 is 0. The van der Waals surface area contributed by atoms with Gasteiger partial charge in [-0.2, -0.15) is 0 Å². The molecule has 2 rings (SSSR count). The van der Waals surface area contributed by atoms with Crippen molar-refractivity contribution in [3.05, 3.63) is 35.9 Å². The Labute approximate surface area is 185 Å². The zero-order valence-corrected chi connectivity index (χ0v) is 17.8. The van der Waals surface area contributed by atoms with E-state index in [4.69, 9.17) is 11.5 Å². The van der Waals surface area contributed by atoms with Gasteiger partial charge in [-0.15, -0.1) is 0 Å². The highest BCUT2D eigenvalue weighted by Gasteiger charge is 2.38. The lowest BCUT2D eigenvalue weighted by Gasteiger charge is -2.28. The van der Waals surface area contributed by atoms with Gasteiger partial charge < -0.3 is 32.1 Å². The van der Waals surface area contributed by atoms with Crippen LogP contribution in [0.25, 0.3) is 0 Å². The highest BCUT2D eigenvalue weighted by Crippen LogP contribution is 2.19. The first-order valence-electron chi connectivity index (χ1n) is 10.3. The molecule has 0 saturated carbocycles. The van der Waals surface area contributed by atoms with Crippen LogP contribution >= 0.6 is 0 Å². The zero-order valence-electron chi connectivity index (χ0n) is 17.8. The minimum Gasteiger partial charge on any atom is -0.480 e. The van der Waals surface area contributed by atoms with Crippen molar-refractivity contribution >= 4 is 29.6 Å². The smallest absolute Gasteiger partial charge is 0.326 e. The predicted molar refractivity (Wildman–Crippen MR) is 114 cm³/mol. The fraction of sp³-hybridized carbons (Fsp3) is 0.476. The van der Waals surface area contributed by atoms with E-state index < -0.39 is 53.8 Å². The lowest BCUT2D eigenvalue weighted by molar-refractivity contribution is -0.149. The molecule has 1 heterocycles. The molecule has 1 aliphatic rings. The van der Waals surface area contributed by atoms with Gasteiger partial charge in [-0.1, -0.05) is 30.3 Å². The Morgan fingerprint density at radius 3 is 2.38 bits per heavy atom. The fourth-order valence-electron chi connectivity index (χ4n) is 3.53. The molecule has 0 spiro atoms. The van der Waals surface area contributed by atoms with Crippen molar-refractivity contribution in [3.8, 4) is 0 Å². The van der Waals surface area contributed by atoms with Gasteiger partial charge in [0.2, 0.25) is 23.6 Å². The summed E-state index contributed by atoms with van der Waals surface area (Å²) in [6, 6.07) is 4.75. The number of primary amides is 1. The summed E-state index contributed by atoms with van der Waals surface area (Å²) in [5, 5.41) is 14.4. The van der Waals surface area contributed by atoms with Crippen LogP contribution in [0.1, 0.15) is 31.7 Å². The molecule has 174 valence electrons. The second-order valence-electron chi connectivity index (χ2n) is 7.79. The van der Waals surface area contributed by atoms with Gasteiger partial charge in [-0.25, -0.2) is 4.79 Å². The molecule has 0 bridgehead atoms. The van der Waals surface area contributed by atoms with Crippen LogP contribution in [0.5, 0.6) is 0 Å². The molecule has 1 aromatic rings. The second kappa shape index (κ2) is 11.2. The first-order valence-corrected chi connectivity index (χ1v) is 10.3. The average molecular weight is 447 g/mol. The van der Waals surface area contributed by atoms with Crippen LogP contribution < -0.4 is 22.1 Å². The van der Waals surface area contributed by atoms with Crippen molar-refractivity contribution in [3.63, 3.8) is 0 Å². The molecule has 11 nitrogen and oxygen atoms in total. The molecule has 4 amide bonds. The van der Waals surface area contributed by atoms with Crippen LogP contribution in [0.3, 0.4) is 0 Å². The number of carbonyl (C=O) groups excluding carboxylic acids is 4. The number of hydrogen-bond donors (Lipinski definition) is 5. The highest BCUT2D eigenvalue weighted by atomic mass is 16.4. The SMILES string of the molecule is C[C@H](NC(=O)[C@@H](N)CC(N)=O)C(=O)N[C@@H](Cc1ccccc1)C(=O)N1CCC[C@@H]1C(=O)O.